The summed E-state index contributed by atoms with van der Waals surface area (Å²) in [5.74, 6) is 0.827. The lowest BCUT2D eigenvalue weighted by Crippen LogP contribution is -2.37. The first-order valence-corrected chi connectivity index (χ1v) is 7.62. The third kappa shape index (κ3) is 3.97. The summed E-state index contributed by atoms with van der Waals surface area (Å²) in [6, 6.07) is 6.00. The molecule has 2 N–H and O–H groups in total. The number of hydrogen-bond donors (Lipinski definition) is 2. The summed E-state index contributed by atoms with van der Waals surface area (Å²) in [5.41, 5.74) is 1.99. The van der Waals surface area contributed by atoms with Gasteiger partial charge in [0.25, 0.3) is 0 Å². The molecule has 1 heterocycles. The molecule has 0 aromatic heterocycles. The van der Waals surface area contributed by atoms with E-state index in [4.69, 9.17) is 4.74 Å². The summed E-state index contributed by atoms with van der Waals surface area (Å²) in [4.78, 5) is 12.4. The molecule has 1 unspecified atom stereocenters. The van der Waals surface area contributed by atoms with Crippen LogP contribution in [-0.2, 0) is 10.2 Å². The summed E-state index contributed by atoms with van der Waals surface area (Å²) in [7, 11) is 1.63. The largest absolute Gasteiger partial charge is 0.495 e. The van der Waals surface area contributed by atoms with Crippen LogP contribution in [0.4, 0.5) is 5.69 Å². The Morgan fingerprint density at radius 3 is 2.71 bits per heavy atom. The summed E-state index contributed by atoms with van der Waals surface area (Å²) in [6.07, 6.45) is 2.00. The molecule has 1 aromatic rings. The van der Waals surface area contributed by atoms with Crippen molar-refractivity contribution in [3.63, 3.8) is 0 Å². The van der Waals surface area contributed by atoms with Crippen molar-refractivity contribution in [2.45, 2.75) is 39.0 Å². The van der Waals surface area contributed by atoms with E-state index in [1.807, 2.05) is 12.1 Å². The lowest BCUT2D eigenvalue weighted by molar-refractivity contribution is -0.120. The Morgan fingerprint density at radius 1 is 1.38 bits per heavy atom. The van der Waals surface area contributed by atoms with E-state index in [0.717, 1.165) is 31.6 Å². The maximum Gasteiger partial charge on any atom is 0.228 e. The molecule has 4 heteroatoms. The number of rotatable bonds is 3. The fourth-order valence-corrected chi connectivity index (χ4v) is 2.58. The number of benzene rings is 1. The van der Waals surface area contributed by atoms with Gasteiger partial charge in [0.15, 0.2) is 0 Å². The van der Waals surface area contributed by atoms with Crippen molar-refractivity contribution in [3.05, 3.63) is 23.8 Å². The number of carbonyl (C=O) groups excluding carboxylic acids is 1. The molecule has 0 bridgehead atoms. The standard InChI is InChI=1S/C17H26N2O2/c1-17(2,3)13-7-8-15(21-4)14(10-13)19-16(20)12-6-5-9-18-11-12/h7-8,10,12,18H,5-6,9,11H2,1-4H3,(H,19,20). The minimum atomic E-state index is 0.0398. The maximum absolute atomic E-state index is 12.4. The molecular weight excluding hydrogens is 264 g/mol. The van der Waals surface area contributed by atoms with E-state index < -0.39 is 0 Å². The first-order chi connectivity index (χ1) is 9.91. The van der Waals surface area contributed by atoms with E-state index in [0.29, 0.717) is 5.75 Å². The van der Waals surface area contributed by atoms with Crippen molar-refractivity contribution in [2.75, 3.05) is 25.5 Å². The molecule has 0 spiro atoms. The molecule has 4 nitrogen and oxygen atoms in total. The molecule has 1 atom stereocenters. The van der Waals surface area contributed by atoms with Gasteiger partial charge in [-0.3, -0.25) is 4.79 Å². The average molecular weight is 290 g/mol. The van der Waals surface area contributed by atoms with Gasteiger partial charge in [0.2, 0.25) is 5.91 Å². The smallest absolute Gasteiger partial charge is 0.228 e. The Bertz CT molecular complexity index is 500. The Labute approximate surface area is 127 Å². The van der Waals surface area contributed by atoms with E-state index in [-0.39, 0.29) is 17.2 Å². The van der Waals surface area contributed by atoms with Gasteiger partial charge in [0.05, 0.1) is 18.7 Å². The molecule has 1 aliphatic rings. The predicted octanol–water partition coefficient (Wildman–Crippen LogP) is 2.93. The molecule has 0 aliphatic carbocycles. The van der Waals surface area contributed by atoms with Crippen LogP contribution < -0.4 is 15.4 Å². The number of anilines is 1. The van der Waals surface area contributed by atoms with Crippen molar-refractivity contribution in [3.8, 4) is 5.75 Å². The van der Waals surface area contributed by atoms with Gasteiger partial charge in [-0.15, -0.1) is 0 Å². The summed E-state index contributed by atoms with van der Waals surface area (Å²) in [5, 5.41) is 6.31. The van der Waals surface area contributed by atoms with Crippen molar-refractivity contribution in [1.82, 2.24) is 5.32 Å². The third-order valence-electron chi connectivity index (χ3n) is 3.99. The molecule has 0 radical (unpaired) electrons. The molecule has 1 saturated heterocycles. The summed E-state index contributed by atoms with van der Waals surface area (Å²) < 4.78 is 5.37. The molecule has 1 fully saturated rings. The average Bonchev–Trinajstić information content (AvgIpc) is 2.47. The molecule has 1 amide bonds. The van der Waals surface area contributed by atoms with Gasteiger partial charge >= 0.3 is 0 Å². The van der Waals surface area contributed by atoms with E-state index >= 15 is 0 Å². The fraction of sp³-hybridized carbons (Fsp3) is 0.588. The SMILES string of the molecule is COc1ccc(C(C)(C)C)cc1NC(=O)C1CCCNC1. The van der Waals surface area contributed by atoms with Crippen LogP contribution in [-0.4, -0.2) is 26.1 Å². The highest BCUT2D eigenvalue weighted by atomic mass is 16.5. The number of carbonyl (C=O) groups is 1. The highest BCUT2D eigenvalue weighted by molar-refractivity contribution is 5.94. The van der Waals surface area contributed by atoms with Gasteiger partial charge in [-0.05, 0) is 42.5 Å². The zero-order chi connectivity index (χ0) is 15.5. The van der Waals surface area contributed by atoms with Crippen molar-refractivity contribution in [2.24, 2.45) is 5.92 Å². The Hall–Kier alpha value is -1.55. The predicted molar refractivity (Wildman–Crippen MR) is 85.9 cm³/mol. The van der Waals surface area contributed by atoms with Crippen molar-refractivity contribution >= 4 is 11.6 Å². The molecule has 2 rings (SSSR count). The minimum Gasteiger partial charge on any atom is -0.495 e. The van der Waals surface area contributed by atoms with Gasteiger partial charge in [0.1, 0.15) is 5.75 Å². The number of nitrogens with one attached hydrogen (secondary N) is 2. The zero-order valence-corrected chi connectivity index (χ0v) is 13.5. The quantitative estimate of drug-likeness (QED) is 0.900. The number of piperidine rings is 1. The first-order valence-electron chi connectivity index (χ1n) is 7.62. The van der Waals surface area contributed by atoms with Crippen molar-refractivity contribution < 1.29 is 9.53 Å². The van der Waals surface area contributed by atoms with Crippen LogP contribution in [0.3, 0.4) is 0 Å². The van der Waals surface area contributed by atoms with Crippen LogP contribution in [0.5, 0.6) is 5.75 Å². The molecule has 21 heavy (non-hydrogen) atoms. The van der Waals surface area contributed by atoms with Crippen LogP contribution in [0.2, 0.25) is 0 Å². The summed E-state index contributed by atoms with van der Waals surface area (Å²) >= 11 is 0. The summed E-state index contributed by atoms with van der Waals surface area (Å²) in [6.45, 7) is 8.24. The second-order valence-corrected chi connectivity index (χ2v) is 6.70. The second-order valence-electron chi connectivity index (χ2n) is 6.70. The van der Waals surface area contributed by atoms with Crippen LogP contribution >= 0.6 is 0 Å². The van der Waals surface area contributed by atoms with Gasteiger partial charge < -0.3 is 15.4 Å². The molecule has 1 aliphatic heterocycles. The maximum atomic E-state index is 12.4. The van der Waals surface area contributed by atoms with Crippen molar-refractivity contribution in [1.29, 1.82) is 0 Å². The molecular formula is C17H26N2O2. The first kappa shape index (κ1) is 15.8. The van der Waals surface area contributed by atoms with Gasteiger partial charge in [-0.2, -0.15) is 0 Å². The lowest BCUT2D eigenvalue weighted by atomic mass is 9.86. The van der Waals surface area contributed by atoms with E-state index in [2.05, 4.69) is 37.5 Å². The Kier molecular flexibility index (Phi) is 4.88. The molecule has 116 valence electrons. The minimum absolute atomic E-state index is 0.0398. The molecule has 0 saturated carbocycles. The number of ether oxygens (including phenoxy) is 1. The van der Waals surface area contributed by atoms with Crippen LogP contribution in [0.15, 0.2) is 18.2 Å². The lowest BCUT2D eigenvalue weighted by Gasteiger charge is -2.24. The third-order valence-corrected chi connectivity index (χ3v) is 3.99. The monoisotopic (exact) mass is 290 g/mol. The second kappa shape index (κ2) is 6.48. The zero-order valence-electron chi connectivity index (χ0n) is 13.5. The normalized spacial score (nSPS) is 19.1. The van der Waals surface area contributed by atoms with Crippen LogP contribution in [0, 0.1) is 5.92 Å². The topological polar surface area (TPSA) is 50.4 Å². The number of hydrogen-bond acceptors (Lipinski definition) is 3. The van der Waals surface area contributed by atoms with E-state index in [1.165, 1.54) is 5.56 Å². The van der Waals surface area contributed by atoms with E-state index in [9.17, 15) is 4.79 Å². The van der Waals surface area contributed by atoms with Crippen LogP contribution in [0.25, 0.3) is 0 Å². The Balaban J connectivity index is 2.18. The Morgan fingerprint density at radius 2 is 2.14 bits per heavy atom. The number of amides is 1. The molecule has 1 aromatic carbocycles. The fourth-order valence-electron chi connectivity index (χ4n) is 2.58. The van der Waals surface area contributed by atoms with Gasteiger partial charge in [-0.1, -0.05) is 26.8 Å². The van der Waals surface area contributed by atoms with E-state index in [1.54, 1.807) is 7.11 Å². The van der Waals surface area contributed by atoms with Crippen LogP contribution in [0.1, 0.15) is 39.2 Å². The van der Waals surface area contributed by atoms with Gasteiger partial charge in [-0.25, -0.2) is 0 Å². The van der Waals surface area contributed by atoms with Gasteiger partial charge in [0, 0.05) is 6.54 Å². The highest BCUT2D eigenvalue weighted by Gasteiger charge is 2.23. The number of methoxy groups -OCH3 is 1. The highest BCUT2D eigenvalue weighted by Crippen LogP contribution is 2.31.